The van der Waals surface area contributed by atoms with Gasteiger partial charge in [0.05, 0.1) is 20.5 Å². The highest BCUT2D eigenvalue weighted by molar-refractivity contribution is 7.99. The topological polar surface area (TPSA) is 72.4 Å². The van der Waals surface area contributed by atoms with E-state index in [2.05, 4.69) is 0 Å². The van der Waals surface area contributed by atoms with Crippen LogP contribution in [0.3, 0.4) is 0 Å². The molecule has 2 aromatic carbocycles. The molecule has 5 nitrogen and oxygen atoms in total. The Bertz CT molecular complexity index is 707. The fraction of sp³-hybridized carbons (Fsp3) is 0.200. The number of nitro benzene ring substituents is 1. The van der Waals surface area contributed by atoms with E-state index in [0.717, 1.165) is 10.5 Å². The number of nitro groups is 1. The maximum absolute atomic E-state index is 11.1. The molecule has 0 aliphatic rings. The molecule has 0 spiro atoms. The van der Waals surface area contributed by atoms with Gasteiger partial charge in [0.25, 0.3) is 5.69 Å². The van der Waals surface area contributed by atoms with Crippen molar-refractivity contribution >= 4 is 34.7 Å². The number of anilines is 1. The SMILES string of the molecule is CN(C)Cc1cc(Cl)c(N)cc1Sc1ccccc1[N+](=O)[O-]. The minimum atomic E-state index is -0.382. The Hall–Kier alpha value is -1.76. The van der Waals surface area contributed by atoms with Gasteiger partial charge in [0.15, 0.2) is 0 Å². The van der Waals surface area contributed by atoms with Gasteiger partial charge in [0.2, 0.25) is 0 Å². The van der Waals surface area contributed by atoms with E-state index in [-0.39, 0.29) is 10.6 Å². The van der Waals surface area contributed by atoms with Crippen molar-refractivity contribution in [1.82, 2.24) is 4.90 Å². The van der Waals surface area contributed by atoms with E-state index in [1.54, 1.807) is 24.3 Å². The molecule has 0 fully saturated rings. The second kappa shape index (κ2) is 7.00. The number of para-hydroxylation sites is 1. The first kappa shape index (κ1) is 16.6. The molecule has 2 rings (SSSR count). The number of hydrogen-bond acceptors (Lipinski definition) is 5. The lowest BCUT2D eigenvalue weighted by Crippen LogP contribution is -2.11. The standard InChI is InChI=1S/C15H16ClN3O2S/c1-18(2)9-10-7-11(16)12(17)8-15(10)22-14-6-4-3-5-13(14)19(20)21/h3-8H,9,17H2,1-2H3. The lowest BCUT2D eigenvalue weighted by Gasteiger charge is -2.15. The Morgan fingerprint density at radius 3 is 2.59 bits per heavy atom. The number of halogens is 1. The molecule has 0 atom stereocenters. The van der Waals surface area contributed by atoms with Gasteiger partial charge in [-0.25, -0.2) is 0 Å². The van der Waals surface area contributed by atoms with Crippen LogP contribution >= 0.6 is 23.4 Å². The van der Waals surface area contributed by atoms with Crippen molar-refractivity contribution in [2.24, 2.45) is 0 Å². The van der Waals surface area contributed by atoms with Crippen LogP contribution in [0.5, 0.6) is 0 Å². The van der Waals surface area contributed by atoms with E-state index in [4.69, 9.17) is 17.3 Å². The Morgan fingerprint density at radius 2 is 1.95 bits per heavy atom. The summed E-state index contributed by atoms with van der Waals surface area (Å²) in [6.45, 7) is 0.670. The molecule has 0 radical (unpaired) electrons. The molecule has 0 aliphatic heterocycles. The van der Waals surface area contributed by atoms with Gasteiger partial charge in [-0.05, 0) is 37.9 Å². The molecule has 0 aromatic heterocycles. The van der Waals surface area contributed by atoms with E-state index in [1.165, 1.54) is 17.8 Å². The van der Waals surface area contributed by atoms with Gasteiger partial charge in [0.1, 0.15) is 0 Å². The summed E-state index contributed by atoms with van der Waals surface area (Å²) >= 11 is 7.42. The van der Waals surface area contributed by atoms with Crippen molar-refractivity contribution < 1.29 is 4.92 Å². The van der Waals surface area contributed by atoms with Gasteiger partial charge in [-0.2, -0.15) is 0 Å². The van der Waals surface area contributed by atoms with Crippen LogP contribution in [0.25, 0.3) is 0 Å². The van der Waals surface area contributed by atoms with Crippen LogP contribution in [-0.2, 0) is 6.54 Å². The smallest absolute Gasteiger partial charge is 0.283 e. The Labute approximate surface area is 138 Å². The van der Waals surface area contributed by atoms with Crippen LogP contribution in [0.2, 0.25) is 5.02 Å². The second-order valence-electron chi connectivity index (χ2n) is 5.05. The number of nitrogens with two attached hydrogens (primary N) is 1. The molecule has 0 unspecified atom stereocenters. The van der Waals surface area contributed by atoms with Crippen LogP contribution in [0.1, 0.15) is 5.56 Å². The largest absolute Gasteiger partial charge is 0.397 e. The van der Waals surface area contributed by atoms with Crippen LogP contribution in [0, 0.1) is 10.1 Å². The molecule has 0 bridgehead atoms. The highest BCUT2D eigenvalue weighted by Crippen LogP contribution is 2.39. The number of nitrogen functional groups attached to an aromatic ring is 1. The van der Waals surface area contributed by atoms with Gasteiger partial charge >= 0.3 is 0 Å². The molecule has 2 aromatic rings. The first-order chi connectivity index (χ1) is 10.4. The molecule has 0 saturated heterocycles. The lowest BCUT2D eigenvalue weighted by atomic mass is 10.2. The molecule has 0 heterocycles. The average molecular weight is 338 g/mol. The highest BCUT2D eigenvalue weighted by Gasteiger charge is 2.16. The fourth-order valence-corrected chi connectivity index (χ4v) is 3.24. The monoisotopic (exact) mass is 337 g/mol. The molecular weight excluding hydrogens is 322 g/mol. The van der Waals surface area contributed by atoms with E-state index >= 15 is 0 Å². The number of hydrogen-bond donors (Lipinski definition) is 1. The van der Waals surface area contributed by atoms with Crippen LogP contribution in [0.4, 0.5) is 11.4 Å². The van der Waals surface area contributed by atoms with Crippen LogP contribution < -0.4 is 5.73 Å². The first-order valence-corrected chi connectivity index (χ1v) is 7.72. The summed E-state index contributed by atoms with van der Waals surface area (Å²) in [7, 11) is 3.90. The highest BCUT2D eigenvalue weighted by atomic mass is 35.5. The predicted octanol–water partition coefficient (Wildman–Crippen LogP) is 4.04. The molecule has 116 valence electrons. The van der Waals surface area contributed by atoms with Crippen molar-refractivity contribution in [3.63, 3.8) is 0 Å². The Balaban J connectivity index is 2.45. The summed E-state index contributed by atoms with van der Waals surface area (Å²) in [5, 5.41) is 11.6. The third-order valence-electron chi connectivity index (χ3n) is 2.95. The van der Waals surface area contributed by atoms with Crippen molar-refractivity contribution in [2.75, 3.05) is 19.8 Å². The van der Waals surface area contributed by atoms with E-state index in [0.29, 0.717) is 22.2 Å². The molecule has 0 amide bonds. The van der Waals surface area contributed by atoms with E-state index < -0.39 is 0 Å². The zero-order valence-corrected chi connectivity index (χ0v) is 13.8. The minimum absolute atomic E-state index is 0.0804. The van der Waals surface area contributed by atoms with E-state index in [1.807, 2.05) is 25.1 Å². The maximum Gasteiger partial charge on any atom is 0.283 e. The zero-order valence-electron chi connectivity index (χ0n) is 12.2. The summed E-state index contributed by atoms with van der Waals surface area (Å²) in [6.07, 6.45) is 0. The van der Waals surface area contributed by atoms with Gasteiger partial charge in [-0.1, -0.05) is 35.5 Å². The second-order valence-corrected chi connectivity index (χ2v) is 6.54. The first-order valence-electron chi connectivity index (χ1n) is 6.52. The van der Waals surface area contributed by atoms with Crippen molar-refractivity contribution in [3.8, 4) is 0 Å². The van der Waals surface area contributed by atoms with Crippen LogP contribution in [-0.4, -0.2) is 23.9 Å². The van der Waals surface area contributed by atoms with Crippen LogP contribution in [0.15, 0.2) is 46.2 Å². The van der Waals surface area contributed by atoms with Gasteiger partial charge in [-0.15, -0.1) is 0 Å². The fourth-order valence-electron chi connectivity index (χ4n) is 1.98. The summed E-state index contributed by atoms with van der Waals surface area (Å²) in [5.74, 6) is 0. The third-order valence-corrected chi connectivity index (χ3v) is 4.44. The quantitative estimate of drug-likeness (QED) is 0.506. The van der Waals surface area contributed by atoms with Gasteiger partial charge in [0, 0.05) is 17.5 Å². The third kappa shape index (κ3) is 3.91. The predicted molar refractivity (Wildman–Crippen MR) is 90.5 cm³/mol. The summed E-state index contributed by atoms with van der Waals surface area (Å²) in [4.78, 5) is 14.2. The summed E-state index contributed by atoms with van der Waals surface area (Å²) < 4.78 is 0. The molecule has 2 N–H and O–H groups in total. The molecule has 0 aliphatic carbocycles. The van der Waals surface area contributed by atoms with Gasteiger partial charge in [-0.3, -0.25) is 10.1 Å². The summed E-state index contributed by atoms with van der Waals surface area (Å²) in [5.41, 5.74) is 7.40. The van der Waals surface area contributed by atoms with E-state index in [9.17, 15) is 10.1 Å². The Kier molecular flexibility index (Phi) is 5.28. The minimum Gasteiger partial charge on any atom is -0.397 e. The average Bonchev–Trinajstić information content (AvgIpc) is 2.44. The zero-order chi connectivity index (χ0) is 16.3. The molecular formula is C15H16ClN3O2S. The van der Waals surface area contributed by atoms with Gasteiger partial charge < -0.3 is 10.6 Å². The number of nitrogens with zero attached hydrogens (tertiary/aromatic N) is 2. The Morgan fingerprint density at radius 1 is 1.27 bits per heavy atom. The van der Waals surface area contributed by atoms with Crippen molar-refractivity contribution in [3.05, 3.63) is 57.1 Å². The molecule has 22 heavy (non-hydrogen) atoms. The maximum atomic E-state index is 11.1. The lowest BCUT2D eigenvalue weighted by molar-refractivity contribution is -0.387. The molecule has 7 heteroatoms. The molecule has 0 saturated carbocycles. The number of rotatable bonds is 5. The normalized spacial score (nSPS) is 10.9. The summed E-state index contributed by atoms with van der Waals surface area (Å²) in [6, 6.07) is 10.2. The van der Waals surface area contributed by atoms with Crippen molar-refractivity contribution in [1.29, 1.82) is 0 Å². The number of benzene rings is 2. The van der Waals surface area contributed by atoms with Crippen molar-refractivity contribution in [2.45, 2.75) is 16.3 Å².